The van der Waals surface area contributed by atoms with E-state index in [1.807, 2.05) is 0 Å². The molecule has 0 bridgehead atoms. The molecule has 1 unspecified atom stereocenters. The number of nitrogens with one attached hydrogen (secondary N) is 2. The molecule has 1 amide bonds. The molecule has 0 aliphatic heterocycles. The summed E-state index contributed by atoms with van der Waals surface area (Å²) in [6, 6.07) is 3.53. The molecule has 37 heavy (non-hydrogen) atoms. The average Bonchev–Trinajstić information content (AvgIpc) is 3.23. The number of benzene rings is 1. The Bertz CT molecular complexity index is 1340. The maximum Gasteiger partial charge on any atom is 0.224 e. The van der Waals surface area contributed by atoms with Crippen molar-refractivity contribution in [1.82, 2.24) is 19.5 Å². The van der Waals surface area contributed by atoms with Gasteiger partial charge in [0.1, 0.15) is 11.2 Å². The standard InChI is InChI=1S/C25H28F2N8O2/c26-18-8-13(11-28)9-19(27)21(18)33-25-32-20-12-30-24(31-15-2-1-3-17(36)10-15)34-23(20)35(25)16-6-4-14(5-7-16)22(29)37/h8-9,12,14-17,36H,1-7,10H2,(H2,29,37)(H,32,33)(H,30,31,34)/t14?,15-,16?,17?/m1/s1. The van der Waals surface area contributed by atoms with Gasteiger partial charge in [0.25, 0.3) is 0 Å². The Morgan fingerprint density at radius 1 is 1.14 bits per heavy atom. The maximum absolute atomic E-state index is 14.7. The van der Waals surface area contributed by atoms with Crippen LogP contribution in [0.25, 0.3) is 11.2 Å². The number of aliphatic hydroxyl groups excluding tert-OH is 1. The summed E-state index contributed by atoms with van der Waals surface area (Å²) in [5.41, 5.74) is 5.86. The minimum atomic E-state index is -0.920. The molecular formula is C25H28F2N8O2. The third kappa shape index (κ3) is 5.17. The van der Waals surface area contributed by atoms with Gasteiger partial charge in [0.15, 0.2) is 17.3 Å². The van der Waals surface area contributed by atoms with E-state index in [1.54, 1.807) is 16.8 Å². The van der Waals surface area contributed by atoms with E-state index in [2.05, 4.69) is 20.6 Å². The molecule has 2 aromatic heterocycles. The summed E-state index contributed by atoms with van der Waals surface area (Å²) in [6.45, 7) is 0. The number of fused-ring (bicyclic) bond motifs is 1. The van der Waals surface area contributed by atoms with Crippen LogP contribution in [0.15, 0.2) is 18.3 Å². The highest BCUT2D eigenvalue weighted by molar-refractivity contribution is 5.78. The molecule has 0 radical (unpaired) electrons. The third-order valence-corrected chi connectivity index (χ3v) is 7.28. The lowest BCUT2D eigenvalue weighted by atomic mass is 9.85. The second kappa shape index (κ2) is 10.3. The first-order valence-electron chi connectivity index (χ1n) is 12.5. The van der Waals surface area contributed by atoms with E-state index in [-0.39, 0.29) is 41.5 Å². The van der Waals surface area contributed by atoms with Gasteiger partial charge in [-0.3, -0.25) is 9.36 Å². The van der Waals surface area contributed by atoms with Gasteiger partial charge in [0.05, 0.1) is 23.9 Å². The number of hydrogen-bond acceptors (Lipinski definition) is 8. The number of halogens is 2. The number of rotatable bonds is 6. The van der Waals surface area contributed by atoms with Crippen molar-refractivity contribution in [3.63, 3.8) is 0 Å². The zero-order valence-corrected chi connectivity index (χ0v) is 20.1. The highest BCUT2D eigenvalue weighted by Crippen LogP contribution is 2.37. The van der Waals surface area contributed by atoms with Crippen LogP contribution in [-0.4, -0.2) is 42.7 Å². The third-order valence-electron chi connectivity index (χ3n) is 7.28. The van der Waals surface area contributed by atoms with Crippen LogP contribution in [0.2, 0.25) is 0 Å². The number of aromatic nitrogens is 4. The van der Waals surface area contributed by atoms with Crippen LogP contribution in [-0.2, 0) is 4.79 Å². The molecule has 2 aliphatic carbocycles. The number of carbonyl (C=O) groups is 1. The molecule has 0 spiro atoms. The van der Waals surface area contributed by atoms with Crippen molar-refractivity contribution in [3.8, 4) is 6.07 Å². The molecule has 1 aromatic carbocycles. The Morgan fingerprint density at radius 2 is 1.86 bits per heavy atom. The second-order valence-electron chi connectivity index (χ2n) is 9.83. The molecule has 2 saturated carbocycles. The molecule has 12 heteroatoms. The van der Waals surface area contributed by atoms with Crippen LogP contribution in [0.3, 0.4) is 0 Å². The van der Waals surface area contributed by atoms with Crippen LogP contribution in [0.4, 0.5) is 26.4 Å². The van der Waals surface area contributed by atoms with Gasteiger partial charge in [0.2, 0.25) is 17.8 Å². The maximum atomic E-state index is 14.7. The number of nitrogens with two attached hydrogens (primary N) is 1. The topological polar surface area (TPSA) is 155 Å². The molecule has 2 atom stereocenters. The van der Waals surface area contributed by atoms with E-state index in [0.717, 1.165) is 31.4 Å². The summed E-state index contributed by atoms with van der Waals surface area (Å²) in [4.78, 5) is 25.3. The summed E-state index contributed by atoms with van der Waals surface area (Å²) in [6.07, 6.45) is 6.71. The van der Waals surface area contributed by atoms with E-state index in [0.29, 0.717) is 49.2 Å². The summed E-state index contributed by atoms with van der Waals surface area (Å²) in [5.74, 6) is -1.84. The molecule has 194 valence electrons. The SMILES string of the molecule is N#Cc1cc(F)c(Nc2nc3cnc(N[C@@H]4CCCC(O)C4)nc3n2C2CCC(C(N)=O)CC2)c(F)c1. The fraction of sp³-hybridized carbons (Fsp3) is 0.480. The number of hydrogen-bond donors (Lipinski definition) is 4. The van der Waals surface area contributed by atoms with Crippen molar-refractivity contribution >= 4 is 34.7 Å². The van der Waals surface area contributed by atoms with Gasteiger partial charge in [-0.25, -0.2) is 18.7 Å². The fourth-order valence-corrected chi connectivity index (χ4v) is 5.36. The minimum Gasteiger partial charge on any atom is -0.393 e. The van der Waals surface area contributed by atoms with Gasteiger partial charge in [-0.2, -0.15) is 10.2 Å². The zero-order valence-electron chi connectivity index (χ0n) is 20.1. The number of aliphatic hydroxyl groups is 1. The van der Waals surface area contributed by atoms with Crippen LogP contribution in [0.5, 0.6) is 0 Å². The molecule has 2 heterocycles. The lowest BCUT2D eigenvalue weighted by molar-refractivity contribution is -0.122. The van der Waals surface area contributed by atoms with E-state index in [9.17, 15) is 18.7 Å². The first-order valence-corrected chi connectivity index (χ1v) is 12.5. The Kier molecular flexibility index (Phi) is 6.88. The number of nitrogens with zero attached hydrogens (tertiary/aromatic N) is 5. The van der Waals surface area contributed by atoms with Crippen LogP contribution < -0.4 is 16.4 Å². The van der Waals surface area contributed by atoms with E-state index < -0.39 is 17.3 Å². The Balaban J connectivity index is 1.52. The number of anilines is 3. The normalized spacial score (nSPS) is 23.9. The van der Waals surface area contributed by atoms with Crippen molar-refractivity contribution in [1.29, 1.82) is 5.26 Å². The summed E-state index contributed by atoms with van der Waals surface area (Å²) in [7, 11) is 0. The molecular weight excluding hydrogens is 482 g/mol. The predicted octanol–water partition coefficient (Wildman–Crippen LogP) is 3.65. The van der Waals surface area contributed by atoms with Gasteiger partial charge in [0, 0.05) is 18.0 Å². The lowest BCUT2D eigenvalue weighted by Crippen LogP contribution is -2.30. The van der Waals surface area contributed by atoms with Crippen molar-refractivity contribution in [3.05, 3.63) is 35.5 Å². The number of amides is 1. The Labute approximate surface area is 211 Å². The molecule has 5 N–H and O–H groups in total. The highest BCUT2D eigenvalue weighted by atomic mass is 19.1. The van der Waals surface area contributed by atoms with Gasteiger partial charge < -0.3 is 21.5 Å². The molecule has 0 saturated heterocycles. The van der Waals surface area contributed by atoms with Crippen molar-refractivity contribution in [2.45, 2.75) is 69.6 Å². The number of imidazole rings is 1. The molecule has 2 aliphatic rings. The second-order valence-corrected chi connectivity index (χ2v) is 9.83. The van der Waals surface area contributed by atoms with Crippen LogP contribution in [0.1, 0.15) is 63.0 Å². The van der Waals surface area contributed by atoms with Gasteiger partial charge in [-0.15, -0.1) is 0 Å². The fourth-order valence-electron chi connectivity index (χ4n) is 5.36. The molecule has 3 aromatic rings. The molecule has 5 rings (SSSR count). The Morgan fingerprint density at radius 3 is 2.51 bits per heavy atom. The number of carbonyl (C=O) groups excluding carboxylic acids is 1. The summed E-state index contributed by atoms with van der Waals surface area (Å²) in [5, 5.41) is 25.1. The largest absolute Gasteiger partial charge is 0.393 e. The number of nitriles is 1. The number of primary amides is 1. The Hall–Kier alpha value is -3.85. The monoisotopic (exact) mass is 510 g/mol. The van der Waals surface area contributed by atoms with Crippen molar-refractivity contribution in [2.75, 3.05) is 10.6 Å². The van der Waals surface area contributed by atoms with Crippen molar-refractivity contribution < 1.29 is 18.7 Å². The molecule has 2 fully saturated rings. The van der Waals surface area contributed by atoms with Crippen LogP contribution in [0, 0.1) is 28.9 Å². The van der Waals surface area contributed by atoms with Gasteiger partial charge in [-0.1, -0.05) is 0 Å². The lowest BCUT2D eigenvalue weighted by Gasteiger charge is -2.29. The van der Waals surface area contributed by atoms with E-state index in [1.165, 1.54) is 0 Å². The summed E-state index contributed by atoms with van der Waals surface area (Å²) >= 11 is 0. The quantitative estimate of drug-likeness (QED) is 0.392. The summed E-state index contributed by atoms with van der Waals surface area (Å²) < 4.78 is 31.2. The zero-order chi connectivity index (χ0) is 26.1. The minimum absolute atomic E-state index is 0.0306. The smallest absolute Gasteiger partial charge is 0.224 e. The average molecular weight is 511 g/mol. The highest BCUT2D eigenvalue weighted by Gasteiger charge is 2.30. The first-order chi connectivity index (χ1) is 17.8. The van der Waals surface area contributed by atoms with Gasteiger partial charge >= 0.3 is 0 Å². The first kappa shape index (κ1) is 24.8. The predicted molar refractivity (Wildman–Crippen MR) is 132 cm³/mol. The van der Waals surface area contributed by atoms with Crippen molar-refractivity contribution in [2.24, 2.45) is 11.7 Å². The van der Waals surface area contributed by atoms with Gasteiger partial charge in [-0.05, 0) is 63.5 Å². The van der Waals surface area contributed by atoms with E-state index >= 15 is 0 Å². The van der Waals surface area contributed by atoms with E-state index in [4.69, 9.17) is 16.0 Å². The van der Waals surface area contributed by atoms with Crippen LogP contribution >= 0.6 is 0 Å². The molecule has 10 nitrogen and oxygen atoms in total.